The van der Waals surface area contributed by atoms with Crippen LogP contribution < -0.4 is 5.32 Å². The zero-order valence-corrected chi connectivity index (χ0v) is 14.1. The Labute approximate surface area is 129 Å². The number of hydrogen-bond acceptors (Lipinski definition) is 2. The van der Waals surface area contributed by atoms with Gasteiger partial charge in [-0.25, -0.2) is 0 Å². The van der Waals surface area contributed by atoms with E-state index in [1.165, 1.54) is 12.8 Å². The van der Waals surface area contributed by atoms with E-state index < -0.39 is 0 Å². The zero-order chi connectivity index (χ0) is 15.5. The molecule has 2 saturated carbocycles. The van der Waals surface area contributed by atoms with Crippen LogP contribution in [0.5, 0.6) is 0 Å². The van der Waals surface area contributed by atoms with Crippen molar-refractivity contribution in [3.63, 3.8) is 0 Å². The third-order valence-electron chi connectivity index (χ3n) is 5.75. The molecule has 0 aromatic rings. The number of amides is 1. The van der Waals surface area contributed by atoms with Crippen LogP contribution in [0.25, 0.3) is 0 Å². The van der Waals surface area contributed by atoms with Gasteiger partial charge in [-0.1, -0.05) is 33.6 Å². The van der Waals surface area contributed by atoms with Crippen LogP contribution in [0.3, 0.4) is 0 Å². The van der Waals surface area contributed by atoms with Crippen LogP contribution >= 0.6 is 0 Å². The molecule has 2 N–H and O–H groups in total. The van der Waals surface area contributed by atoms with E-state index >= 15 is 0 Å². The quantitative estimate of drug-likeness (QED) is 0.813. The first-order valence-electron chi connectivity index (χ1n) is 8.85. The number of aliphatic hydroxyl groups is 1. The van der Waals surface area contributed by atoms with Gasteiger partial charge >= 0.3 is 0 Å². The van der Waals surface area contributed by atoms with Crippen LogP contribution in [0.1, 0.15) is 78.6 Å². The predicted molar refractivity (Wildman–Crippen MR) is 85.9 cm³/mol. The second-order valence-corrected chi connectivity index (χ2v) is 8.16. The van der Waals surface area contributed by atoms with E-state index in [9.17, 15) is 9.90 Å². The molecule has 0 atom stereocenters. The molecule has 0 heterocycles. The molecule has 2 fully saturated rings. The summed E-state index contributed by atoms with van der Waals surface area (Å²) in [5.41, 5.74) is -0.518. The molecule has 0 unspecified atom stereocenters. The second kappa shape index (κ2) is 6.68. The molecule has 2 rings (SSSR count). The summed E-state index contributed by atoms with van der Waals surface area (Å²) in [4.78, 5) is 13.0. The van der Waals surface area contributed by atoms with Crippen LogP contribution in [0.4, 0.5) is 0 Å². The minimum Gasteiger partial charge on any atom is -0.394 e. The first kappa shape index (κ1) is 16.8. The van der Waals surface area contributed by atoms with Gasteiger partial charge in [0.25, 0.3) is 0 Å². The predicted octanol–water partition coefficient (Wildman–Crippen LogP) is 3.65. The van der Waals surface area contributed by atoms with E-state index in [-0.39, 0.29) is 23.5 Å². The maximum Gasteiger partial charge on any atom is 0.226 e. The molecule has 0 saturated heterocycles. The molecule has 21 heavy (non-hydrogen) atoms. The molecule has 3 heteroatoms. The maximum atomic E-state index is 13.0. The van der Waals surface area contributed by atoms with Crippen molar-refractivity contribution >= 4 is 5.91 Å². The lowest BCUT2D eigenvalue weighted by molar-refractivity contribution is -0.135. The summed E-state index contributed by atoms with van der Waals surface area (Å²) in [5.74, 6) is 1.49. The van der Waals surface area contributed by atoms with Gasteiger partial charge in [-0.05, 0) is 56.8 Å². The Hall–Kier alpha value is -0.570. The largest absolute Gasteiger partial charge is 0.394 e. The van der Waals surface area contributed by atoms with Crippen LogP contribution in [-0.2, 0) is 4.79 Å². The molecule has 0 spiro atoms. The van der Waals surface area contributed by atoms with Crippen LogP contribution in [0, 0.1) is 17.3 Å². The first-order valence-corrected chi connectivity index (χ1v) is 8.85. The lowest BCUT2D eigenvalue weighted by Gasteiger charge is -2.42. The van der Waals surface area contributed by atoms with E-state index in [0.29, 0.717) is 5.92 Å². The molecular formula is C18H33NO2. The van der Waals surface area contributed by atoms with Gasteiger partial charge in [0.1, 0.15) is 0 Å². The summed E-state index contributed by atoms with van der Waals surface area (Å²) in [6.45, 7) is 6.76. The number of carbonyl (C=O) groups excluding carboxylic acids is 1. The molecular weight excluding hydrogens is 262 g/mol. The lowest BCUT2D eigenvalue weighted by Crippen LogP contribution is -2.57. The minimum atomic E-state index is -0.351. The standard InChI is InChI=1S/C18H33NO2/c1-14(2)12-17(8-4-5-9-17)16(21)19-18(13-20)10-6-15(3)7-11-18/h14-15,20H,4-13H2,1-3H3,(H,19,21). The molecule has 0 aliphatic heterocycles. The number of nitrogens with one attached hydrogen (secondary N) is 1. The van der Waals surface area contributed by atoms with Gasteiger partial charge in [-0.2, -0.15) is 0 Å². The fraction of sp³-hybridized carbons (Fsp3) is 0.944. The third-order valence-corrected chi connectivity index (χ3v) is 5.75. The molecule has 0 radical (unpaired) electrons. The summed E-state index contributed by atoms with van der Waals surface area (Å²) >= 11 is 0. The summed E-state index contributed by atoms with van der Waals surface area (Å²) in [6, 6.07) is 0. The topological polar surface area (TPSA) is 49.3 Å². The summed E-state index contributed by atoms with van der Waals surface area (Å²) in [5, 5.41) is 13.2. The average Bonchev–Trinajstić information content (AvgIpc) is 2.90. The van der Waals surface area contributed by atoms with Crippen LogP contribution in [0.2, 0.25) is 0 Å². The summed E-state index contributed by atoms with van der Waals surface area (Å²) in [7, 11) is 0. The van der Waals surface area contributed by atoms with E-state index in [1.54, 1.807) is 0 Å². The normalized spacial score (nSPS) is 32.3. The zero-order valence-electron chi connectivity index (χ0n) is 14.1. The van der Waals surface area contributed by atoms with E-state index in [4.69, 9.17) is 0 Å². The minimum absolute atomic E-state index is 0.0865. The van der Waals surface area contributed by atoms with Crippen molar-refractivity contribution in [1.29, 1.82) is 0 Å². The second-order valence-electron chi connectivity index (χ2n) is 8.16. The number of carbonyl (C=O) groups is 1. The number of aliphatic hydroxyl groups excluding tert-OH is 1. The highest BCUT2D eigenvalue weighted by atomic mass is 16.3. The molecule has 1 amide bonds. The lowest BCUT2D eigenvalue weighted by atomic mass is 9.74. The Kier molecular flexibility index (Phi) is 5.34. The van der Waals surface area contributed by atoms with E-state index in [0.717, 1.165) is 50.9 Å². The Morgan fingerprint density at radius 2 is 1.76 bits per heavy atom. The Balaban J connectivity index is 2.07. The SMILES string of the molecule is CC(C)CC1(C(=O)NC2(CO)CCC(C)CC2)CCCC1. The highest BCUT2D eigenvalue weighted by Gasteiger charge is 2.45. The fourth-order valence-corrected chi connectivity index (χ4v) is 4.37. The van der Waals surface area contributed by atoms with Crippen molar-refractivity contribution < 1.29 is 9.90 Å². The van der Waals surface area contributed by atoms with Gasteiger partial charge in [-0.15, -0.1) is 0 Å². The van der Waals surface area contributed by atoms with E-state index in [1.807, 2.05) is 0 Å². The summed E-state index contributed by atoms with van der Waals surface area (Å²) in [6.07, 6.45) is 9.44. The molecule has 0 bridgehead atoms. The van der Waals surface area contributed by atoms with Crippen molar-refractivity contribution in [2.75, 3.05) is 6.61 Å². The molecule has 122 valence electrons. The highest BCUT2D eigenvalue weighted by molar-refractivity contribution is 5.83. The first-order chi connectivity index (χ1) is 9.91. The van der Waals surface area contributed by atoms with Gasteiger partial charge in [0.15, 0.2) is 0 Å². The molecule has 0 aromatic heterocycles. The van der Waals surface area contributed by atoms with Crippen molar-refractivity contribution in [2.24, 2.45) is 17.3 Å². The van der Waals surface area contributed by atoms with Gasteiger partial charge in [0.05, 0.1) is 12.1 Å². The van der Waals surface area contributed by atoms with Gasteiger partial charge < -0.3 is 10.4 Å². The molecule has 0 aromatic carbocycles. The van der Waals surface area contributed by atoms with Gasteiger partial charge in [-0.3, -0.25) is 4.79 Å². The van der Waals surface area contributed by atoms with E-state index in [2.05, 4.69) is 26.1 Å². The average molecular weight is 295 g/mol. The molecule has 3 nitrogen and oxygen atoms in total. The fourth-order valence-electron chi connectivity index (χ4n) is 4.37. The van der Waals surface area contributed by atoms with Crippen molar-refractivity contribution in [1.82, 2.24) is 5.32 Å². The molecule has 2 aliphatic rings. The van der Waals surface area contributed by atoms with Gasteiger partial charge in [0.2, 0.25) is 5.91 Å². The summed E-state index contributed by atoms with van der Waals surface area (Å²) < 4.78 is 0. The smallest absolute Gasteiger partial charge is 0.226 e. The monoisotopic (exact) mass is 295 g/mol. The molecule has 2 aliphatic carbocycles. The van der Waals surface area contributed by atoms with Crippen LogP contribution in [0.15, 0.2) is 0 Å². The Bertz CT molecular complexity index is 350. The van der Waals surface area contributed by atoms with Crippen molar-refractivity contribution in [3.8, 4) is 0 Å². The van der Waals surface area contributed by atoms with Gasteiger partial charge in [0, 0.05) is 5.41 Å². The maximum absolute atomic E-state index is 13.0. The highest BCUT2D eigenvalue weighted by Crippen LogP contribution is 2.44. The number of hydrogen-bond donors (Lipinski definition) is 2. The van der Waals surface area contributed by atoms with Crippen LogP contribution in [-0.4, -0.2) is 23.2 Å². The number of rotatable bonds is 5. The Morgan fingerprint density at radius 3 is 2.24 bits per heavy atom. The van der Waals surface area contributed by atoms with Crippen molar-refractivity contribution in [2.45, 2.75) is 84.1 Å². The Morgan fingerprint density at radius 1 is 1.19 bits per heavy atom. The third kappa shape index (κ3) is 3.80. The van der Waals surface area contributed by atoms with Crippen molar-refractivity contribution in [3.05, 3.63) is 0 Å².